The van der Waals surface area contributed by atoms with E-state index in [2.05, 4.69) is 30.4 Å². The van der Waals surface area contributed by atoms with Gasteiger partial charge in [-0.3, -0.25) is 15.0 Å². The Labute approximate surface area is 137 Å². The van der Waals surface area contributed by atoms with Crippen LogP contribution in [0, 0.1) is 0 Å². The van der Waals surface area contributed by atoms with Gasteiger partial charge in [0.15, 0.2) is 11.6 Å². The van der Waals surface area contributed by atoms with Crippen LogP contribution in [0.5, 0.6) is 5.75 Å². The van der Waals surface area contributed by atoms with E-state index >= 15 is 0 Å². The van der Waals surface area contributed by atoms with E-state index in [0.717, 1.165) is 0 Å². The third-order valence-corrected chi connectivity index (χ3v) is 3.20. The quantitative estimate of drug-likeness (QED) is 0.575. The Morgan fingerprint density at radius 2 is 1.92 bits per heavy atom. The molecule has 0 aliphatic heterocycles. The number of esters is 1. The minimum absolute atomic E-state index is 0.0177. The van der Waals surface area contributed by atoms with Crippen molar-refractivity contribution in [2.24, 2.45) is 0 Å². The van der Waals surface area contributed by atoms with Crippen LogP contribution in [0.1, 0.15) is 24.4 Å². The third-order valence-electron chi connectivity index (χ3n) is 3.20. The number of ether oxygens (including phenoxy) is 1. The second-order valence-electron chi connectivity index (χ2n) is 4.98. The van der Waals surface area contributed by atoms with Crippen molar-refractivity contribution < 1.29 is 14.6 Å². The number of nitrogens with zero attached hydrogens (tertiary/aromatic N) is 4. The molecular weight excluding hydrogens is 312 g/mol. The lowest BCUT2D eigenvalue weighted by atomic mass is 10.2. The van der Waals surface area contributed by atoms with Gasteiger partial charge in [0.05, 0.1) is 18.6 Å². The van der Waals surface area contributed by atoms with Crippen molar-refractivity contribution in [1.29, 1.82) is 0 Å². The standard InChI is InChI=1S/C15H16N6O3/c1-2-24-14(23)8-13-16-11(18-19-13)7-12-17-15(21-20-12)9-5-3-4-6-10(9)22/h3-6,22H,2,7-8H2,1H3,(H,16,18,19)(H,17,20,21). The average Bonchev–Trinajstić information content (AvgIpc) is 3.18. The first kappa shape index (κ1) is 15.7. The fourth-order valence-corrected chi connectivity index (χ4v) is 2.15. The van der Waals surface area contributed by atoms with Gasteiger partial charge in [-0.25, -0.2) is 9.97 Å². The molecule has 9 nitrogen and oxygen atoms in total. The topological polar surface area (TPSA) is 130 Å². The predicted octanol–water partition coefficient (Wildman–Crippen LogP) is 0.992. The minimum atomic E-state index is -0.371. The molecule has 124 valence electrons. The number of phenolic OH excluding ortho intramolecular Hbond substituents is 1. The zero-order chi connectivity index (χ0) is 16.9. The van der Waals surface area contributed by atoms with E-state index in [1.54, 1.807) is 31.2 Å². The van der Waals surface area contributed by atoms with Crippen LogP contribution in [0.25, 0.3) is 11.4 Å². The van der Waals surface area contributed by atoms with Crippen LogP contribution < -0.4 is 0 Å². The number of aromatic amines is 2. The minimum Gasteiger partial charge on any atom is -0.507 e. The fourth-order valence-electron chi connectivity index (χ4n) is 2.15. The van der Waals surface area contributed by atoms with Crippen molar-refractivity contribution in [2.75, 3.05) is 6.61 Å². The Morgan fingerprint density at radius 1 is 1.17 bits per heavy atom. The molecule has 24 heavy (non-hydrogen) atoms. The smallest absolute Gasteiger partial charge is 0.313 e. The van der Waals surface area contributed by atoms with Gasteiger partial charge in [-0.05, 0) is 19.1 Å². The Hall–Kier alpha value is -3.23. The number of hydrogen-bond donors (Lipinski definition) is 3. The molecule has 2 heterocycles. The van der Waals surface area contributed by atoms with Crippen LogP contribution in [0.3, 0.4) is 0 Å². The van der Waals surface area contributed by atoms with Gasteiger partial charge in [0.25, 0.3) is 0 Å². The second-order valence-corrected chi connectivity index (χ2v) is 4.98. The summed E-state index contributed by atoms with van der Waals surface area (Å²) >= 11 is 0. The van der Waals surface area contributed by atoms with Gasteiger partial charge >= 0.3 is 5.97 Å². The molecule has 0 bridgehead atoms. The molecule has 9 heteroatoms. The molecule has 0 atom stereocenters. The molecule has 0 amide bonds. The number of aromatic hydroxyl groups is 1. The van der Waals surface area contributed by atoms with Crippen LogP contribution in [0.4, 0.5) is 0 Å². The molecule has 2 aromatic heterocycles. The van der Waals surface area contributed by atoms with Crippen molar-refractivity contribution in [3.63, 3.8) is 0 Å². The summed E-state index contributed by atoms with van der Waals surface area (Å²) in [5.41, 5.74) is 0.542. The number of para-hydroxylation sites is 1. The first-order valence-corrected chi connectivity index (χ1v) is 7.41. The predicted molar refractivity (Wildman–Crippen MR) is 83.0 cm³/mol. The maximum absolute atomic E-state index is 11.4. The van der Waals surface area contributed by atoms with Crippen molar-refractivity contribution in [2.45, 2.75) is 19.8 Å². The zero-order valence-corrected chi connectivity index (χ0v) is 13.0. The molecule has 3 N–H and O–H groups in total. The molecule has 0 spiro atoms. The van der Waals surface area contributed by atoms with Gasteiger partial charge in [0, 0.05) is 0 Å². The first-order chi connectivity index (χ1) is 11.7. The lowest BCUT2D eigenvalue weighted by Crippen LogP contribution is -2.08. The summed E-state index contributed by atoms with van der Waals surface area (Å²) in [6.07, 6.45) is 0.361. The van der Waals surface area contributed by atoms with Gasteiger partial charge < -0.3 is 9.84 Å². The van der Waals surface area contributed by atoms with E-state index in [9.17, 15) is 9.90 Å². The molecule has 0 saturated heterocycles. The van der Waals surface area contributed by atoms with Gasteiger partial charge in [-0.2, -0.15) is 10.2 Å². The van der Waals surface area contributed by atoms with Crippen LogP contribution in [0.15, 0.2) is 24.3 Å². The summed E-state index contributed by atoms with van der Waals surface area (Å²) in [4.78, 5) is 20.0. The highest BCUT2D eigenvalue weighted by atomic mass is 16.5. The van der Waals surface area contributed by atoms with E-state index in [0.29, 0.717) is 41.9 Å². The molecule has 0 radical (unpaired) electrons. The van der Waals surface area contributed by atoms with Gasteiger partial charge in [-0.15, -0.1) is 0 Å². The number of carbonyl (C=O) groups is 1. The van der Waals surface area contributed by atoms with E-state index in [-0.39, 0.29) is 18.1 Å². The number of H-pyrrole nitrogens is 2. The Morgan fingerprint density at radius 3 is 2.71 bits per heavy atom. The number of aromatic nitrogens is 6. The summed E-state index contributed by atoms with van der Waals surface area (Å²) in [5, 5.41) is 23.4. The third kappa shape index (κ3) is 3.57. The highest BCUT2D eigenvalue weighted by molar-refractivity contribution is 5.71. The zero-order valence-electron chi connectivity index (χ0n) is 13.0. The summed E-state index contributed by atoms with van der Waals surface area (Å²) in [7, 11) is 0. The van der Waals surface area contributed by atoms with E-state index in [1.807, 2.05) is 0 Å². The van der Waals surface area contributed by atoms with Crippen LogP contribution >= 0.6 is 0 Å². The fraction of sp³-hybridized carbons (Fsp3) is 0.267. The highest BCUT2D eigenvalue weighted by Gasteiger charge is 2.13. The Bertz CT molecular complexity index is 841. The van der Waals surface area contributed by atoms with Gasteiger partial charge in [0.2, 0.25) is 0 Å². The normalized spacial score (nSPS) is 10.7. The maximum atomic E-state index is 11.4. The molecule has 0 aliphatic rings. The summed E-state index contributed by atoms with van der Waals surface area (Å²) in [5.74, 6) is 1.61. The van der Waals surface area contributed by atoms with Crippen LogP contribution in [0.2, 0.25) is 0 Å². The Balaban J connectivity index is 1.68. The average molecular weight is 328 g/mol. The lowest BCUT2D eigenvalue weighted by Gasteiger charge is -1.97. The summed E-state index contributed by atoms with van der Waals surface area (Å²) in [6, 6.07) is 6.83. The molecule has 1 aromatic carbocycles. The Kier molecular flexibility index (Phi) is 4.50. The van der Waals surface area contributed by atoms with E-state index in [4.69, 9.17) is 4.74 Å². The largest absolute Gasteiger partial charge is 0.507 e. The van der Waals surface area contributed by atoms with E-state index < -0.39 is 0 Å². The molecule has 0 fully saturated rings. The molecular formula is C15H16N6O3. The number of benzene rings is 1. The van der Waals surface area contributed by atoms with Gasteiger partial charge in [-0.1, -0.05) is 12.1 Å². The molecule has 0 aliphatic carbocycles. The highest BCUT2D eigenvalue weighted by Crippen LogP contribution is 2.25. The molecule has 3 rings (SSSR count). The SMILES string of the molecule is CCOC(=O)Cc1n[nH]c(Cc2nc(-c3ccccc3O)n[nH]2)n1. The number of carbonyl (C=O) groups excluding carboxylic acids is 1. The monoisotopic (exact) mass is 328 g/mol. The number of phenols is 1. The molecule has 0 saturated carbocycles. The summed E-state index contributed by atoms with van der Waals surface area (Å²) in [6.45, 7) is 2.07. The first-order valence-electron chi connectivity index (χ1n) is 7.41. The second kappa shape index (κ2) is 6.90. The summed E-state index contributed by atoms with van der Waals surface area (Å²) < 4.78 is 4.85. The number of hydrogen-bond acceptors (Lipinski definition) is 7. The number of rotatable bonds is 6. The van der Waals surface area contributed by atoms with Crippen molar-refractivity contribution in [3.8, 4) is 17.1 Å². The van der Waals surface area contributed by atoms with E-state index in [1.165, 1.54) is 0 Å². The maximum Gasteiger partial charge on any atom is 0.313 e. The van der Waals surface area contributed by atoms with Crippen molar-refractivity contribution in [1.82, 2.24) is 30.4 Å². The van der Waals surface area contributed by atoms with Crippen molar-refractivity contribution >= 4 is 5.97 Å². The molecule has 0 unspecified atom stereocenters. The van der Waals surface area contributed by atoms with Crippen molar-refractivity contribution in [3.05, 3.63) is 41.7 Å². The van der Waals surface area contributed by atoms with Gasteiger partial charge in [0.1, 0.15) is 23.8 Å². The number of nitrogens with one attached hydrogen (secondary N) is 2. The van der Waals surface area contributed by atoms with Crippen LogP contribution in [-0.2, 0) is 22.4 Å². The molecule has 3 aromatic rings. The lowest BCUT2D eigenvalue weighted by molar-refractivity contribution is -0.142. The van der Waals surface area contributed by atoms with Crippen LogP contribution in [-0.4, -0.2) is 48.0 Å².